The zero-order valence-electron chi connectivity index (χ0n) is 12.5. The Bertz CT molecular complexity index is 367. The van der Waals surface area contributed by atoms with E-state index in [4.69, 9.17) is 4.52 Å². The van der Waals surface area contributed by atoms with Crippen molar-refractivity contribution in [1.29, 1.82) is 0 Å². The van der Waals surface area contributed by atoms with E-state index in [1.165, 1.54) is 38.5 Å². The van der Waals surface area contributed by atoms with Crippen molar-refractivity contribution in [2.45, 2.75) is 65.2 Å². The second-order valence-electron chi connectivity index (χ2n) is 6.24. The zero-order chi connectivity index (χ0) is 13.7. The third-order valence-electron chi connectivity index (χ3n) is 4.01. The highest BCUT2D eigenvalue weighted by Gasteiger charge is 2.25. The molecule has 0 atom stereocenters. The first kappa shape index (κ1) is 14.4. The highest BCUT2D eigenvalue weighted by atomic mass is 16.5. The van der Waals surface area contributed by atoms with Crippen LogP contribution in [0.15, 0.2) is 4.52 Å². The molecule has 0 bridgehead atoms. The lowest BCUT2D eigenvalue weighted by Crippen LogP contribution is -2.14. The SMILES string of the molecule is CCCC1CCC(c2noc(NCC(C)C)n2)CC1. The van der Waals surface area contributed by atoms with Crippen molar-refractivity contribution >= 4 is 6.01 Å². The van der Waals surface area contributed by atoms with Crippen LogP contribution in [0.2, 0.25) is 0 Å². The van der Waals surface area contributed by atoms with Crippen LogP contribution in [0, 0.1) is 11.8 Å². The summed E-state index contributed by atoms with van der Waals surface area (Å²) in [5, 5.41) is 7.33. The molecule has 4 nitrogen and oxygen atoms in total. The van der Waals surface area contributed by atoms with Crippen molar-refractivity contribution in [1.82, 2.24) is 10.1 Å². The van der Waals surface area contributed by atoms with Crippen LogP contribution in [-0.2, 0) is 0 Å². The summed E-state index contributed by atoms with van der Waals surface area (Å²) in [5.41, 5.74) is 0. The van der Waals surface area contributed by atoms with Crippen LogP contribution >= 0.6 is 0 Å². The highest BCUT2D eigenvalue weighted by molar-refractivity contribution is 5.19. The molecule has 0 aromatic carbocycles. The first-order chi connectivity index (χ1) is 9.19. The van der Waals surface area contributed by atoms with E-state index in [1.807, 2.05) is 0 Å². The quantitative estimate of drug-likeness (QED) is 0.837. The monoisotopic (exact) mass is 265 g/mol. The number of hydrogen-bond donors (Lipinski definition) is 1. The molecule has 1 heterocycles. The molecule has 0 spiro atoms. The maximum Gasteiger partial charge on any atom is 0.321 e. The molecule has 4 heteroatoms. The van der Waals surface area contributed by atoms with Crippen molar-refractivity contribution in [2.75, 3.05) is 11.9 Å². The normalized spacial score (nSPS) is 23.8. The van der Waals surface area contributed by atoms with Crippen LogP contribution in [0.5, 0.6) is 0 Å². The van der Waals surface area contributed by atoms with Gasteiger partial charge in [0.1, 0.15) is 0 Å². The summed E-state index contributed by atoms with van der Waals surface area (Å²) in [6.07, 6.45) is 7.76. The van der Waals surface area contributed by atoms with E-state index in [-0.39, 0.29) is 0 Å². The summed E-state index contributed by atoms with van der Waals surface area (Å²) < 4.78 is 5.27. The minimum atomic E-state index is 0.506. The van der Waals surface area contributed by atoms with E-state index in [1.54, 1.807) is 0 Å². The van der Waals surface area contributed by atoms with Gasteiger partial charge in [0.15, 0.2) is 5.82 Å². The Morgan fingerprint density at radius 2 is 2.00 bits per heavy atom. The van der Waals surface area contributed by atoms with E-state index >= 15 is 0 Å². The van der Waals surface area contributed by atoms with Crippen molar-refractivity contribution in [3.8, 4) is 0 Å². The topological polar surface area (TPSA) is 51.0 Å². The van der Waals surface area contributed by atoms with E-state index in [2.05, 4.69) is 36.2 Å². The van der Waals surface area contributed by atoms with Gasteiger partial charge in [-0.05, 0) is 37.5 Å². The van der Waals surface area contributed by atoms with E-state index in [0.29, 0.717) is 17.9 Å². The number of hydrogen-bond acceptors (Lipinski definition) is 4. The lowest BCUT2D eigenvalue weighted by molar-refractivity contribution is 0.296. The van der Waals surface area contributed by atoms with Crippen molar-refractivity contribution in [3.05, 3.63) is 5.82 Å². The van der Waals surface area contributed by atoms with Gasteiger partial charge in [-0.3, -0.25) is 0 Å². The molecule has 1 aromatic heterocycles. The van der Waals surface area contributed by atoms with Crippen LogP contribution in [0.4, 0.5) is 6.01 Å². The average Bonchev–Trinajstić information content (AvgIpc) is 2.86. The molecule has 0 aliphatic heterocycles. The second kappa shape index (κ2) is 6.92. The van der Waals surface area contributed by atoms with Gasteiger partial charge in [0.2, 0.25) is 0 Å². The summed E-state index contributed by atoms with van der Waals surface area (Å²) in [7, 11) is 0. The fraction of sp³-hybridized carbons (Fsp3) is 0.867. The molecule has 19 heavy (non-hydrogen) atoms. The highest BCUT2D eigenvalue weighted by Crippen LogP contribution is 2.36. The lowest BCUT2D eigenvalue weighted by atomic mass is 9.80. The van der Waals surface area contributed by atoms with Crippen LogP contribution in [0.25, 0.3) is 0 Å². The van der Waals surface area contributed by atoms with E-state index in [9.17, 15) is 0 Å². The fourth-order valence-corrected chi connectivity index (χ4v) is 2.88. The number of nitrogens with zero attached hydrogens (tertiary/aromatic N) is 2. The zero-order valence-corrected chi connectivity index (χ0v) is 12.5. The fourth-order valence-electron chi connectivity index (χ4n) is 2.88. The molecule has 2 rings (SSSR count). The average molecular weight is 265 g/mol. The molecule has 1 N–H and O–H groups in total. The lowest BCUT2D eigenvalue weighted by Gasteiger charge is -2.26. The Labute approximate surface area is 116 Å². The molecule has 0 radical (unpaired) electrons. The van der Waals surface area contributed by atoms with Crippen LogP contribution in [0.1, 0.15) is 71.0 Å². The van der Waals surface area contributed by atoms with E-state index < -0.39 is 0 Å². The maximum atomic E-state index is 5.27. The molecule has 1 aliphatic rings. The van der Waals surface area contributed by atoms with Crippen molar-refractivity contribution in [3.63, 3.8) is 0 Å². The first-order valence-corrected chi connectivity index (χ1v) is 7.76. The van der Waals surface area contributed by atoms with Gasteiger partial charge < -0.3 is 9.84 Å². The molecule has 0 saturated heterocycles. The molecule has 1 aliphatic carbocycles. The van der Waals surface area contributed by atoms with Gasteiger partial charge in [-0.1, -0.05) is 38.8 Å². The number of rotatable bonds is 6. The van der Waals surface area contributed by atoms with Crippen molar-refractivity contribution in [2.24, 2.45) is 11.8 Å². The summed E-state index contributed by atoms with van der Waals surface area (Å²) in [5.74, 6) is 2.92. The standard InChI is InChI=1S/C15H27N3O/c1-4-5-12-6-8-13(9-7-12)14-17-15(19-18-14)16-10-11(2)3/h11-13H,4-10H2,1-3H3,(H,16,17,18). The van der Waals surface area contributed by atoms with Gasteiger partial charge >= 0.3 is 6.01 Å². The summed E-state index contributed by atoms with van der Waals surface area (Å²) in [6.45, 7) is 7.49. The van der Waals surface area contributed by atoms with Gasteiger partial charge in [0, 0.05) is 12.5 Å². The molecule has 1 saturated carbocycles. The Morgan fingerprint density at radius 3 is 2.63 bits per heavy atom. The molecule has 1 fully saturated rings. The van der Waals surface area contributed by atoms with E-state index in [0.717, 1.165) is 18.3 Å². The van der Waals surface area contributed by atoms with Gasteiger partial charge in [0.25, 0.3) is 0 Å². The first-order valence-electron chi connectivity index (χ1n) is 7.76. The second-order valence-corrected chi connectivity index (χ2v) is 6.24. The van der Waals surface area contributed by atoms with Crippen LogP contribution in [0.3, 0.4) is 0 Å². The molecular formula is C15H27N3O. The Hall–Kier alpha value is -1.06. The van der Waals surface area contributed by atoms with Crippen LogP contribution < -0.4 is 5.32 Å². The molecule has 0 unspecified atom stereocenters. The number of nitrogens with one attached hydrogen (secondary N) is 1. The Kier molecular flexibility index (Phi) is 5.23. The largest absolute Gasteiger partial charge is 0.338 e. The molecule has 108 valence electrons. The number of anilines is 1. The van der Waals surface area contributed by atoms with Crippen molar-refractivity contribution < 1.29 is 4.52 Å². The molecular weight excluding hydrogens is 238 g/mol. The summed E-state index contributed by atoms with van der Waals surface area (Å²) in [6, 6.07) is 0.583. The van der Waals surface area contributed by atoms with Gasteiger partial charge in [-0.15, -0.1) is 0 Å². The predicted molar refractivity (Wildman–Crippen MR) is 77.2 cm³/mol. The summed E-state index contributed by atoms with van der Waals surface area (Å²) >= 11 is 0. The minimum Gasteiger partial charge on any atom is -0.338 e. The maximum absolute atomic E-state index is 5.27. The van der Waals surface area contributed by atoms with Gasteiger partial charge in [-0.2, -0.15) is 4.98 Å². The predicted octanol–water partition coefficient (Wildman–Crippen LogP) is 4.21. The smallest absolute Gasteiger partial charge is 0.321 e. The Balaban J connectivity index is 1.82. The summed E-state index contributed by atoms with van der Waals surface area (Å²) in [4.78, 5) is 4.49. The van der Waals surface area contributed by atoms with Gasteiger partial charge in [0.05, 0.1) is 0 Å². The minimum absolute atomic E-state index is 0.506. The third kappa shape index (κ3) is 4.22. The van der Waals surface area contributed by atoms with Gasteiger partial charge in [-0.25, -0.2) is 0 Å². The van der Waals surface area contributed by atoms with Crippen LogP contribution in [-0.4, -0.2) is 16.7 Å². The number of aromatic nitrogens is 2. The third-order valence-corrected chi connectivity index (χ3v) is 4.01. The molecule has 1 aromatic rings. The molecule has 0 amide bonds. The Morgan fingerprint density at radius 1 is 1.26 bits per heavy atom.